The molecule has 1 saturated carbocycles. The smallest absolute Gasteiger partial charge is 0.223 e. The van der Waals surface area contributed by atoms with E-state index in [2.05, 4.69) is 40.5 Å². The van der Waals surface area contributed by atoms with Gasteiger partial charge in [0, 0.05) is 36.6 Å². The molecule has 1 amide bonds. The molecule has 2 heterocycles. The number of halogens is 2. The van der Waals surface area contributed by atoms with E-state index in [0.29, 0.717) is 18.1 Å². The molecule has 0 radical (unpaired) electrons. The lowest BCUT2D eigenvalue weighted by atomic mass is 9.95. The molecule has 0 aromatic heterocycles. The number of nitrogens with zero attached hydrogens (tertiary/aromatic N) is 1. The highest BCUT2D eigenvalue weighted by Crippen LogP contribution is 2.37. The number of fused-ring (bicyclic) bond motifs is 2. The molecular formula is C20H31Cl2N3O. The maximum atomic E-state index is 12.5. The van der Waals surface area contributed by atoms with Gasteiger partial charge in [-0.3, -0.25) is 9.69 Å². The van der Waals surface area contributed by atoms with E-state index in [9.17, 15) is 4.79 Å². The van der Waals surface area contributed by atoms with E-state index in [0.717, 1.165) is 38.6 Å². The topological polar surface area (TPSA) is 58.4 Å². The Hall–Kier alpha value is -0.810. The molecule has 1 aliphatic carbocycles. The number of nitrogens with two attached hydrogens (primary N) is 1. The van der Waals surface area contributed by atoms with Gasteiger partial charge in [-0.25, -0.2) is 0 Å². The molecule has 1 aromatic rings. The number of carbonyl (C=O) groups is 1. The van der Waals surface area contributed by atoms with Gasteiger partial charge in [-0.2, -0.15) is 0 Å². The van der Waals surface area contributed by atoms with E-state index >= 15 is 0 Å². The number of piperidine rings is 1. The normalized spacial score (nSPS) is 33.2. The zero-order valence-corrected chi connectivity index (χ0v) is 16.8. The van der Waals surface area contributed by atoms with Crippen LogP contribution in [0.3, 0.4) is 0 Å². The van der Waals surface area contributed by atoms with Crippen LogP contribution in [0.2, 0.25) is 0 Å². The summed E-state index contributed by atoms with van der Waals surface area (Å²) in [6, 6.07) is 12.6. The highest BCUT2D eigenvalue weighted by molar-refractivity contribution is 5.85. The maximum Gasteiger partial charge on any atom is 0.223 e. The van der Waals surface area contributed by atoms with Crippen LogP contribution in [0.25, 0.3) is 0 Å². The van der Waals surface area contributed by atoms with E-state index in [1.54, 1.807) is 0 Å². The average Bonchev–Trinajstić information content (AvgIpc) is 3.10. The van der Waals surface area contributed by atoms with Gasteiger partial charge in [0.1, 0.15) is 0 Å². The zero-order chi connectivity index (χ0) is 16.5. The second-order valence-corrected chi connectivity index (χ2v) is 7.99. The third-order valence-corrected chi connectivity index (χ3v) is 6.28. The van der Waals surface area contributed by atoms with Gasteiger partial charge >= 0.3 is 0 Å². The second-order valence-electron chi connectivity index (χ2n) is 7.99. The van der Waals surface area contributed by atoms with Crippen molar-refractivity contribution in [3.63, 3.8) is 0 Å². The number of benzene rings is 1. The van der Waals surface area contributed by atoms with Gasteiger partial charge in [-0.1, -0.05) is 30.3 Å². The summed E-state index contributed by atoms with van der Waals surface area (Å²) < 4.78 is 0. The molecule has 2 saturated heterocycles. The van der Waals surface area contributed by atoms with Crippen molar-refractivity contribution >= 4 is 30.7 Å². The van der Waals surface area contributed by atoms with E-state index in [-0.39, 0.29) is 42.7 Å². The number of carbonyl (C=O) groups excluding carboxylic acids is 1. The minimum atomic E-state index is 0. The molecule has 2 aliphatic heterocycles. The van der Waals surface area contributed by atoms with Gasteiger partial charge < -0.3 is 11.1 Å². The first-order valence-corrected chi connectivity index (χ1v) is 9.54. The van der Waals surface area contributed by atoms with E-state index in [1.807, 2.05) is 0 Å². The molecule has 4 rings (SSSR count). The second kappa shape index (κ2) is 9.41. The molecule has 26 heavy (non-hydrogen) atoms. The van der Waals surface area contributed by atoms with Crippen molar-refractivity contribution in [3.8, 4) is 0 Å². The first-order chi connectivity index (χ1) is 11.7. The first-order valence-electron chi connectivity index (χ1n) is 9.54. The van der Waals surface area contributed by atoms with Crippen molar-refractivity contribution in [2.24, 2.45) is 11.7 Å². The van der Waals surface area contributed by atoms with E-state index in [1.165, 1.54) is 18.4 Å². The van der Waals surface area contributed by atoms with Crippen LogP contribution in [-0.2, 0) is 11.3 Å². The standard InChI is InChI=1S/C20H29N3O.2ClH/c21-16-7-6-15(10-16)20(24)22-17-11-18-8-9-19(12-17)23(18)13-14-4-2-1-3-5-14;;/h1-5,15-19H,6-13,21H2,(H,22,24);2*1H. The number of hydrogen-bond donors (Lipinski definition) is 2. The van der Waals surface area contributed by atoms with Gasteiger partial charge in [-0.05, 0) is 50.5 Å². The lowest BCUT2D eigenvalue weighted by Crippen LogP contribution is -2.50. The highest BCUT2D eigenvalue weighted by atomic mass is 35.5. The molecule has 4 atom stereocenters. The zero-order valence-electron chi connectivity index (χ0n) is 15.2. The van der Waals surface area contributed by atoms with Crippen LogP contribution < -0.4 is 11.1 Å². The third kappa shape index (κ3) is 4.72. The Labute approximate surface area is 169 Å². The van der Waals surface area contributed by atoms with Crippen LogP contribution >= 0.6 is 24.8 Å². The van der Waals surface area contributed by atoms with E-state index in [4.69, 9.17) is 5.73 Å². The van der Waals surface area contributed by atoms with Crippen molar-refractivity contribution < 1.29 is 4.79 Å². The minimum absolute atomic E-state index is 0. The summed E-state index contributed by atoms with van der Waals surface area (Å²) in [5.74, 6) is 0.406. The minimum Gasteiger partial charge on any atom is -0.353 e. The Kier molecular flexibility index (Phi) is 7.77. The van der Waals surface area contributed by atoms with Crippen molar-refractivity contribution in [1.82, 2.24) is 10.2 Å². The van der Waals surface area contributed by atoms with Gasteiger partial charge in [0.05, 0.1) is 0 Å². The first kappa shape index (κ1) is 21.5. The fourth-order valence-corrected chi connectivity index (χ4v) is 5.02. The van der Waals surface area contributed by atoms with Crippen molar-refractivity contribution in [1.29, 1.82) is 0 Å². The third-order valence-electron chi connectivity index (χ3n) is 6.28. The van der Waals surface area contributed by atoms with E-state index < -0.39 is 0 Å². The van der Waals surface area contributed by atoms with Gasteiger partial charge in [-0.15, -0.1) is 24.8 Å². The summed E-state index contributed by atoms with van der Waals surface area (Å²) >= 11 is 0. The number of hydrogen-bond acceptors (Lipinski definition) is 3. The Morgan fingerprint density at radius 2 is 1.65 bits per heavy atom. The van der Waals surface area contributed by atoms with Gasteiger partial charge in [0.15, 0.2) is 0 Å². The van der Waals surface area contributed by atoms with Crippen LogP contribution in [0.4, 0.5) is 0 Å². The van der Waals surface area contributed by atoms with Gasteiger partial charge in [0.2, 0.25) is 5.91 Å². The largest absolute Gasteiger partial charge is 0.353 e. The number of nitrogens with one attached hydrogen (secondary N) is 1. The van der Waals surface area contributed by atoms with Crippen molar-refractivity contribution in [3.05, 3.63) is 35.9 Å². The Morgan fingerprint density at radius 3 is 2.23 bits per heavy atom. The van der Waals surface area contributed by atoms with Crippen molar-refractivity contribution in [2.45, 2.75) is 75.7 Å². The predicted molar refractivity (Wildman–Crippen MR) is 110 cm³/mol. The molecule has 6 heteroatoms. The van der Waals surface area contributed by atoms with Crippen LogP contribution in [0.1, 0.15) is 50.5 Å². The molecule has 4 nitrogen and oxygen atoms in total. The van der Waals surface area contributed by atoms with Crippen LogP contribution in [0, 0.1) is 5.92 Å². The Morgan fingerprint density at radius 1 is 1.00 bits per heavy atom. The predicted octanol–water partition coefficient (Wildman–Crippen LogP) is 3.27. The maximum absolute atomic E-state index is 12.5. The number of amides is 1. The van der Waals surface area contributed by atoms with Crippen LogP contribution in [0.15, 0.2) is 30.3 Å². The highest BCUT2D eigenvalue weighted by Gasteiger charge is 2.41. The molecule has 146 valence electrons. The quantitative estimate of drug-likeness (QED) is 0.816. The molecule has 4 unspecified atom stereocenters. The SMILES string of the molecule is Cl.Cl.NC1CCC(C(=O)NC2CC3CCC(C2)N3Cc2ccccc2)C1. The molecule has 0 spiro atoms. The molecule has 1 aromatic carbocycles. The monoisotopic (exact) mass is 399 g/mol. The Bertz CT molecular complexity index is 572. The summed E-state index contributed by atoms with van der Waals surface area (Å²) in [6.07, 6.45) is 7.59. The fraction of sp³-hybridized carbons (Fsp3) is 0.650. The summed E-state index contributed by atoms with van der Waals surface area (Å²) in [4.78, 5) is 15.2. The lowest BCUT2D eigenvalue weighted by Gasteiger charge is -2.39. The Balaban J connectivity index is 0.00000121. The molecule has 3 fully saturated rings. The summed E-state index contributed by atoms with van der Waals surface area (Å²) in [7, 11) is 0. The summed E-state index contributed by atoms with van der Waals surface area (Å²) in [6.45, 7) is 1.05. The number of rotatable bonds is 4. The fourth-order valence-electron chi connectivity index (χ4n) is 5.02. The average molecular weight is 400 g/mol. The molecular weight excluding hydrogens is 369 g/mol. The molecule has 3 aliphatic rings. The molecule has 3 N–H and O–H groups in total. The summed E-state index contributed by atoms with van der Waals surface area (Å²) in [5, 5.41) is 3.35. The lowest BCUT2D eigenvalue weighted by molar-refractivity contribution is -0.126. The van der Waals surface area contributed by atoms with Crippen LogP contribution in [0.5, 0.6) is 0 Å². The summed E-state index contributed by atoms with van der Waals surface area (Å²) in [5.41, 5.74) is 7.35. The van der Waals surface area contributed by atoms with Gasteiger partial charge in [0.25, 0.3) is 0 Å². The molecule has 2 bridgehead atoms. The van der Waals surface area contributed by atoms with Crippen LogP contribution in [-0.4, -0.2) is 35.0 Å². The van der Waals surface area contributed by atoms with Crippen molar-refractivity contribution in [2.75, 3.05) is 0 Å².